The van der Waals surface area contributed by atoms with Crippen LogP contribution in [0, 0.1) is 17.7 Å². The topological polar surface area (TPSA) is 101 Å². The number of hydrogen-bond donors (Lipinski definition) is 3. The van der Waals surface area contributed by atoms with Crippen molar-refractivity contribution in [3.63, 3.8) is 0 Å². The zero-order valence-corrected chi connectivity index (χ0v) is 12.2. The largest absolute Gasteiger partial charge is 0.366 e. The van der Waals surface area contributed by atoms with E-state index in [1.165, 1.54) is 12.1 Å². The van der Waals surface area contributed by atoms with Gasteiger partial charge in [-0.2, -0.15) is 0 Å². The van der Waals surface area contributed by atoms with Crippen molar-refractivity contribution in [3.05, 3.63) is 29.6 Å². The first-order valence-electron chi connectivity index (χ1n) is 7.05. The average Bonchev–Trinajstić information content (AvgIpc) is 3.17. The Morgan fingerprint density at radius 2 is 2.05 bits per heavy atom. The molecule has 4 N–H and O–H groups in total. The Morgan fingerprint density at radius 1 is 1.36 bits per heavy atom. The molecule has 1 aliphatic carbocycles. The van der Waals surface area contributed by atoms with E-state index in [4.69, 9.17) is 5.73 Å². The molecule has 2 rings (SSSR count). The summed E-state index contributed by atoms with van der Waals surface area (Å²) in [5.41, 5.74) is 5.03. The first kappa shape index (κ1) is 15.9. The van der Waals surface area contributed by atoms with Gasteiger partial charge in [-0.15, -0.1) is 0 Å². The molecule has 0 saturated heterocycles. The quantitative estimate of drug-likeness (QED) is 0.731. The number of carbonyl (C=O) groups is 3. The van der Waals surface area contributed by atoms with E-state index in [0.29, 0.717) is 5.92 Å². The van der Waals surface area contributed by atoms with E-state index >= 15 is 0 Å². The molecule has 6 nitrogen and oxygen atoms in total. The molecule has 1 aromatic rings. The summed E-state index contributed by atoms with van der Waals surface area (Å²) in [6, 6.07) is 3.58. The molecule has 22 heavy (non-hydrogen) atoms. The van der Waals surface area contributed by atoms with Gasteiger partial charge in [0.1, 0.15) is 5.82 Å². The van der Waals surface area contributed by atoms with Crippen molar-refractivity contribution in [2.45, 2.75) is 19.8 Å². The zero-order valence-electron chi connectivity index (χ0n) is 12.2. The van der Waals surface area contributed by atoms with Crippen LogP contribution >= 0.6 is 0 Å². The van der Waals surface area contributed by atoms with Gasteiger partial charge in [-0.1, -0.05) is 6.92 Å². The van der Waals surface area contributed by atoms with Crippen LogP contribution in [0.4, 0.5) is 10.1 Å². The number of benzene rings is 1. The Bertz CT molecular complexity index is 618. The third-order valence-corrected chi connectivity index (χ3v) is 3.61. The average molecular weight is 307 g/mol. The van der Waals surface area contributed by atoms with Gasteiger partial charge < -0.3 is 16.4 Å². The second-order valence-corrected chi connectivity index (χ2v) is 5.47. The van der Waals surface area contributed by atoms with Crippen molar-refractivity contribution in [3.8, 4) is 0 Å². The van der Waals surface area contributed by atoms with Gasteiger partial charge in [0.05, 0.1) is 5.56 Å². The van der Waals surface area contributed by atoms with Gasteiger partial charge in [-0.05, 0) is 30.5 Å². The van der Waals surface area contributed by atoms with Crippen LogP contribution in [0.3, 0.4) is 0 Å². The number of halogens is 1. The van der Waals surface area contributed by atoms with Crippen LogP contribution < -0.4 is 16.4 Å². The normalized spacial score (nSPS) is 19.4. The molecule has 118 valence electrons. The Labute approximate surface area is 127 Å². The number of hydrogen-bond acceptors (Lipinski definition) is 3. The summed E-state index contributed by atoms with van der Waals surface area (Å²) in [5.74, 6) is -1.53. The van der Waals surface area contributed by atoms with Crippen molar-refractivity contribution in [2.75, 3.05) is 11.9 Å². The minimum absolute atomic E-state index is 0.0295. The summed E-state index contributed by atoms with van der Waals surface area (Å²) >= 11 is 0. The van der Waals surface area contributed by atoms with Crippen LogP contribution in [-0.4, -0.2) is 24.3 Å². The molecule has 0 heterocycles. The van der Waals surface area contributed by atoms with Gasteiger partial charge in [-0.3, -0.25) is 14.4 Å². The molecule has 0 spiro atoms. The highest BCUT2D eigenvalue weighted by molar-refractivity contribution is 5.96. The number of rotatable bonds is 6. The minimum atomic E-state index is -0.903. The fourth-order valence-corrected chi connectivity index (χ4v) is 2.13. The van der Waals surface area contributed by atoms with E-state index in [9.17, 15) is 18.8 Å². The van der Waals surface area contributed by atoms with Crippen LogP contribution in [0.25, 0.3) is 0 Å². The van der Waals surface area contributed by atoms with Gasteiger partial charge in [0.2, 0.25) is 11.8 Å². The summed E-state index contributed by atoms with van der Waals surface area (Å²) in [6.07, 6.45) is 0.986. The zero-order chi connectivity index (χ0) is 16.3. The molecule has 0 bridgehead atoms. The number of nitrogens with two attached hydrogens (primary N) is 1. The maximum Gasteiger partial charge on any atom is 0.251 e. The van der Waals surface area contributed by atoms with E-state index in [0.717, 1.165) is 12.5 Å². The van der Waals surface area contributed by atoms with Crippen LogP contribution in [0.1, 0.15) is 30.1 Å². The van der Waals surface area contributed by atoms with Crippen molar-refractivity contribution >= 4 is 23.4 Å². The Balaban J connectivity index is 1.80. The van der Waals surface area contributed by atoms with Gasteiger partial charge in [0.15, 0.2) is 0 Å². The minimum Gasteiger partial charge on any atom is -0.366 e. The summed E-state index contributed by atoms with van der Waals surface area (Å²) in [7, 11) is 0. The van der Waals surface area contributed by atoms with Crippen molar-refractivity contribution in [1.82, 2.24) is 5.32 Å². The van der Waals surface area contributed by atoms with Gasteiger partial charge in [-0.25, -0.2) is 4.39 Å². The maximum absolute atomic E-state index is 13.3. The molecule has 0 radical (unpaired) electrons. The predicted octanol–water partition coefficient (Wildman–Crippen LogP) is 1.03. The molecule has 3 amide bonds. The lowest BCUT2D eigenvalue weighted by Crippen LogP contribution is -2.29. The standard InChI is InChI=1S/C15H18FN3O3/c1-8-6-10(8)15(22)18-5-4-13(20)19-9-2-3-12(16)11(7-9)14(17)21/h2-3,7-8,10H,4-6H2,1H3,(H2,17,21)(H,18,22)(H,19,20)/t8-,10-/m0/s1. The Hall–Kier alpha value is -2.44. The summed E-state index contributed by atoms with van der Waals surface area (Å²) < 4.78 is 13.3. The molecular formula is C15H18FN3O3. The molecule has 7 heteroatoms. The van der Waals surface area contributed by atoms with E-state index in [1.54, 1.807) is 0 Å². The molecule has 0 aromatic heterocycles. The van der Waals surface area contributed by atoms with Gasteiger partial charge >= 0.3 is 0 Å². The Morgan fingerprint density at radius 3 is 2.64 bits per heavy atom. The molecule has 0 unspecified atom stereocenters. The van der Waals surface area contributed by atoms with Crippen LogP contribution in [-0.2, 0) is 9.59 Å². The Kier molecular flexibility index (Phi) is 4.75. The smallest absolute Gasteiger partial charge is 0.251 e. The number of carbonyl (C=O) groups excluding carboxylic acids is 3. The van der Waals surface area contributed by atoms with E-state index in [2.05, 4.69) is 10.6 Å². The highest BCUT2D eigenvalue weighted by Gasteiger charge is 2.38. The number of nitrogens with one attached hydrogen (secondary N) is 2. The van der Waals surface area contributed by atoms with Crippen molar-refractivity contribution in [2.24, 2.45) is 17.6 Å². The fourth-order valence-electron chi connectivity index (χ4n) is 2.13. The SMILES string of the molecule is C[C@H]1C[C@@H]1C(=O)NCCC(=O)Nc1ccc(F)c(C(N)=O)c1. The van der Waals surface area contributed by atoms with Crippen LogP contribution in [0.2, 0.25) is 0 Å². The third-order valence-electron chi connectivity index (χ3n) is 3.61. The van der Waals surface area contributed by atoms with E-state index in [-0.39, 0.29) is 41.9 Å². The van der Waals surface area contributed by atoms with Gasteiger partial charge in [0.25, 0.3) is 5.91 Å². The van der Waals surface area contributed by atoms with E-state index in [1.807, 2.05) is 6.92 Å². The molecule has 1 saturated carbocycles. The lowest BCUT2D eigenvalue weighted by molar-refractivity contribution is -0.122. The molecule has 1 fully saturated rings. The molecule has 0 aliphatic heterocycles. The monoisotopic (exact) mass is 307 g/mol. The first-order valence-corrected chi connectivity index (χ1v) is 7.05. The number of anilines is 1. The summed E-state index contributed by atoms with van der Waals surface area (Å²) in [6.45, 7) is 2.24. The first-order chi connectivity index (χ1) is 10.4. The van der Waals surface area contributed by atoms with Crippen LogP contribution in [0.15, 0.2) is 18.2 Å². The molecular weight excluding hydrogens is 289 g/mol. The lowest BCUT2D eigenvalue weighted by Gasteiger charge is -2.08. The molecule has 1 aliphatic rings. The highest BCUT2D eigenvalue weighted by atomic mass is 19.1. The molecule has 1 aromatic carbocycles. The van der Waals surface area contributed by atoms with Gasteiger partial charge in [0, 0.05) is 24.6 Å². The summed E-state index contributed by atoms with van der Waals surface area (Å²) in [4.78, 5) is 34.3. The van der Waals surface area contributed by atoms with Crippen molar-refractivity contribution in [1.29, 1.82) is 0 Å². The number of amides is 3. The molecule has 2 atom stereocenters. The highest BCUT2D eigenvalue weighted by Crippen LogP contribution is 2.37. The second kappa shape index (κ2) is 6.55. The van der Waals surface area contributed by atoms with Crippen molar-refractivity contribution < 1.29 is 18.8 Å². The van der Waals surface area contributed by atoms with E-state index < -0.39 is 11.7 Å². The second-order valence-electron chi connectivity index (χ2n) is 5.47. The predicted molar refractivity (Wildman–Crippen MR) is 78.4 cm³/mol. The number of primary amides is 1. The maximum atomic E-state index is 13.3. The summed E-state index contributed by atoms with van der Waals surface area (Å²) in [5, 5.41) is 5.22. The lowest BCUT2D eigenvalue weighted by atomic mass is 10.1. The van der Waals surface area contributed by atoms with Crippen LogP contribution in [0.5, 0.6) is 0 Å². The fraction of sp³-hybridized carbons (Fsp3) is 0.400. The third kappa shape index (κ3) is 4.03.